The third kappa shape index (κ3) is 6.96. The molecule has 6 heteroatoms. The first-order valence-corrected chi connectivity index (χ1v) is 10.5. The maximum absolute atomic E-state index is 13.3. The largest absolute Gasteiger partial charge is 0.348 e. The van der Waals surface area contributed by atoms with Crippen LogP contribution < -0.4 is 5.32 Å². The number of likely N-dealkylation sites (tertiary alicyclic amines) is 1. The molecule has 0 spiro atoms. The maximum atomic E-state index is 13.3. The summed E-state index contributed by atoms with van der Waals surface area (Å²) < 4.78 is 15.3. The number of rotatable bonds is 7. The lowest BCUT2D eigenvalue weighted by Crippen LogP contribution is -2.43. The molecule has 1 atom stereocenters. The fourth-order valence-electron chi connectivity index (χ4n) is 4.00. The van der Waals surface area contributed by atoms with Gasteiger partial charge in [0.1, 0.15) is 5.82 Å². The Labute approximate surface area is 173 Å². The van der Waals surface area contributed by atoms with Crippen molar-refractivity contribution in [2.45, 2.75) is 52.6 Å². The molecule has 29 heavy (non-hydrogen) atoms. The first-order chi connectivity index (χ1) is 13.8. The highest BCUT2D eigenvalue weighted by Crippen LogP contribution is 2.29. The Morgan fingerprint density at radius 3 is 2.52 bits per heavy atom. The highest BCUT2D eigenvalue weighted by atomic mass is 19.1. The van der Waals surface area contributed by atoms with Crippen LogP contribution in [0.3, 0.4) is 0 Å². The van der Waals surface area contributed by atoms with Gasteiger partial charge in [-0.2, -0.15) is 5.10 Å². The smallest absolute Gasteiger partial charge is 0.234 e. The second-order valence-electron chi connectivity index (χ2n) is 9.38. The van der Waals surface area contributed by atoms with Crippen LogP contribution in [0.4, 0.5) is 4.39 Å². The number of hydrogen-bond donors (Lipinski definition) is 1. The fourth-order valence-corrected chi connectivity index (χ4v) is 4.00. The Morgan fingerprint density at radius 2 is 1.93 bits per heavy atom. The highest BCUT2D eigenvalue weighted by Gasteiger charge is 2.25. The van der Waals surface area contributed by atoms with E-state index in [4.69, 9.17) is 0 Å². The zero-order valence-corrected chi connectivity index (χ0v) is 17.8. The normalized spacial score (nSPS) is 17.2. The fraction of sp³-hybridized carbons (Fsp3) is 0.565. The molecule has 2 aromatic rings. The van der Waals surface area contributed by atoms with Crippen molar-refractivity contribution < 1.29 is 9.18 Å². The van der Waals surface area contributed by atoms with Crippen LogP contribution in [0.5, 0.6) is 0 Å². The van der Waals surface area contributed by atoms with Crippen LogP contribution in [0.25, 0.3) is 0 Å². The summed E-state index contributed by atoms with van der Waals surface area (Å²) >= 11 is 0. The Morgan fingerprint density at radius 1 is 1.24 bits per heavy atom. The standard InChI is InChI=1S/C23H33FN4O/c1-23(2,3)15-21(19-5-7-20(24)8-6-19)26-22(29)17-27-13-9-18(10-14-27)16-28-12-4-11-25-28/h4-8,11-12,18,21H,9-10,13-17H2,1-3H3,(H,26,29). The van der Waals surface area contributed by atoms with E-state index in [2.05, 4.69) is 36.1 Å². The summed E-state index contributed by atoms with van der Waals surface area (Å²) in [4.78, 5) is 15.0. The van der Waals surface area contributed by atoms with E-state index >= 15 is 0 Å². The average Bonchev–Trinajstić information content (AvgIpc) is 3.15. The van der Waals surface area contributed by atoms with Crippen LogP contribution in [0, 0.1) is 17.2 Å². The van der Waals surface area contributed by atoms with E-state index in [1.54, 1.807) is 12.1 Å². The van der Waals surface area contributed by atoms with Crippen molar-refractivity contribution in [3.05, 3.63) is 54.1 Å². The number of benzene rings is 1. The van der Waals surface area contributed by atoms with E-state index in [0.29, 0.717) is 12.5 Å². The molecule has 0 bridgehead atoms. The minimum Gasteiger partial charge on any atom is -0.348 e. The predicted octanol–water partition coefficient (Wildman–Crippen LogP) is 4.03. The van der Waals surface area contributed by atoms with Gasteiger partial charge in [0.2, 0.25) is 5.91 Å². The second kappa shape index (κ2) is 9.53. The molecule has 1 aliphatic rings. The zero-order chi connectivity index (χ0) is 20.9. The van der Waals surface area contributed by atoms with Crippen molar-refractivity contribution in [3.8, 4) is 0 Å². The summed E-state index contributed by atoms with van der Waals surface area (Å²) in [6.07, 6.45) is 6.78. The van der Waals surface area contributed by atoms with Crippen molar-refractivity contribution in [1.82, 2.24) is 20.0 Å². The molecule has 3 rings (SSSR count). The molecule has 158 valence electrons. The Balaban J connectivity index is 1.51. The molecule has 1 amide bonds. The highest BCUT2D eigenvalue weighted by molar-refractivity contribution is 5.78. The van der Waals surface area contributed by atoms with Gasteiger partial charge in [-0.3, -0.25) is 14.4 Å². The minimum absolute atomic E-state index is 0.0362. The summed E-state index contributed by atoms with van der Waals surface area (Å²) in [6, 6.07) is 8.30. The predicted molar refractivity (Wildman–Crippen MR) is 113 cm³/mol. The van der Waals surface area contributed by atoms with Crippen LogP contribution in [0.15, 0.2) is 42.7 Å². The van der Waals surface area contributed by atoms with E-state index in [1.165, 1.54) is 12.1 Å². The Bertz CT molecular complexity index is 759. The molecule has 1 aromatic carbocycles. The molecule has 1 saturated heterocycles. The van der Waals surface area contributed by atoms with E-state index < -0.39 is 0 Å². The lowest BCUT2D eigenvalue weighted by molar-refractivity contribution is -0.123. The zero-order valence-electron chi connectivity index (χ0n) is 17.8. The lowest BCUT2D eigenvalue weighted by atomic mass is 9.85. The molecule has 1 aliphatic heterocycles. The van der Waals surface area contributed by atoms with Crippen molar-refractivity contribution in [3.63, 3.8) is 0 Å². The van der Waals surface area contributed by atoms with E-state index in [-0.39, 0.29) is 23.2 Å². The number of aromatic nitrogens is 2. The molecule has 1 N–H and O–H groups in total. The summed E-state index contributed by atoms with van der Waals surface area (Å²) in [5, 5.41) is 7.48. The number of hydrogen-bond acceptors (Lipinski definition) is 3. The first kappa shape index (κ1) is 21.5. The number of piperidine rings is 1. The van der Waals surface area contributed by atoms with Crippen molar-refractivity contribution >= 4 is 5.91 Å². The SMILES string of the molecule is CC(C)(C)CC(NC(=O)CN1CCC(Cn2cccn2)CC1)c1ccc(F)cc1. The molecule has 5 nitrogen and oxygen atoms in total. The molecule has 2 heterocycles. The minimum atomic E-state index is -0.257. The van der Waals surface area contributed by atoms with Crippen LogP contribution >= 0.6 is 0 Å². The lowest BCUT2D eigenvalue weighted by Gasteiger charge is -2.32. The summed E-state index contributed by atoms with van der Waals surface area (Å²) in [6.45, 7) is 9.68. The van der Waals surface area contributed by atoms with Crippen molar-refractivity contribution in [2.75, 3.05) is 19.6 Å². The molecule has 1 unspecified atom stereocenters. The molecular formula is C23H33FN4O. The van der Waals surface area contributed by atoms with Crippen LogP contribution in [-0.2, 0) is 11.3 Å². The van der Waals surface area contributed by atoms with E-state index in [0.717, 1.165) is 44.5 Å². The summed E-state index contributed by atoms with van der Waals surface area (Å²) in [5.41, 5.74) is 1.00. The average molecular weight is 401 g/mol. The Hall–Kier alpha value is -2.21. The van der Waals surface area contributed by atoms with Gasteiger partial charge in [-0.1, -0.05) is 32.9 Å². The van der Waals surface area contributed by atoms with Gasteiger partial charge in [-0.15, -0.1) is 0 Å². The number of carbonyl (C=O) groups excluding carboxylic acids is 1. The van der Waals surface area contributed by atoms with Gasteiger partial charge < -0.3 is 5.32 Å². The van der Waals surface area contributed by atoms with Gasteiger partial charge in [0.15, 0.2) is 0 Å². The third-order valence-electron chi connectivity index (χ3n) is 5.50. The van der Waals surface area contributed by atoms with Gasteiger partial charge in [0.05, 0.1) is 12.6 Å². The first-order valence-electron chi connectivity index (χ1n) is 10.5. The van der Waals surface area contributed by atoms with Crippen LogP contribution in [-0.4, -0.2) is 40.2 Å². The quantitative estimate of drug-likeness (QED) is 0.763. The molecule has 0 aliphatic carbocycles. The number of halogens is 1. The summed E-state index contributed by atoms with van der Waals surface area (Å²) in [7, 11) is 0. The topological polar surface area (TPSA) is 50.2 Å². The van der Waals surface area contributed by atoms with Gasteiger partial charge in [-0.05, 0) is 67.4 Å². The number of nitrogens with zero attached hydrogens (tertiary/aromatic N) is 3. The Kier molecular flexibility index (Phi) is 7.06. The summed E-state index contributed by atoms with van der Waals surface area (Å²) in [5.74, 6) is 0.392. The molecule has 1 aromatic heterocycles. The monoisotopic (exact) mass is 400 g/mol. The van der Waals surface area contributed by atoms with Crippen molar-refractivity contribution in [2.24, 2.45) is 11.3 Å². The van der Waals surface area contributed by atoms with Gasteiger partial charge in [0, 0.05) is 18.9 Å². The van der Waals surface area contributed by atoms with Crippen molar-refractivity contribution in [1.29, 1.82) is 0 Å². The number of nitrogens with one attached hydrogen (secondary N) is 1. The van der Waals surface area contributed by atoms with Crippen LogP contribution in [0.2, 0.25) is 0 Å². The molecule has 0 radical (unpaired) electrons. The van der Waals surface area contributed by atoms with Gasteiger partial charge in [-0.25, -0.2) is 4.39 Å². The number of amides is 1. The van der Waals surface area contributed by atoms with E-state index in [9.17, 15) is 9.18 Å². The molecular weight excluding hydrogens is 367 g/mol. The van der Waals surface area contributed by atoms with Gasteiger partial charge >= 0.3 is 0 Å². The maximum Gasteiger partial charge on any atom is 0.234 e. The van der Waals surface area contributed by atoms with E-state index in [1.807, 2.05) is 23.1 Å². The number of carbonyl (C=O) groups is 1. The third-order valence-corrected chi connectivity index (χ3v) is 5.50. The van der Waals surface area contributed by atoms with Crippen LogP contribution in [0.1, 0.15) is 51.6 Å². The second-order valence-corrected chi connectivity index (χ2v) is 9.38. The molecule has 1 fully saturated rings. The molecule has 0 saturated carbocycles. The van der Waals surface area contributed by atoms with Gasteiger partial charge in [0.25, 0.3) is 0 Å².